The summed E-state index contributed by atoms with van der Waals surface area (Å²) in [4.78, 5) is 13.9. The standard InChI is InChI=1S/C6H14N4O2.Zn/c7-4(5(11)12)2-1-3-10-6(8)9;/h4H,1-3,7H2,(H,11,12)(H4,8,9,10);/q;+2. The van der Waals surface area contributed by atoms with Crippen LogP contribution in [0.4, 0.5) is 0 Å². The summed E-state index contributed by atoms with van der Waals surface area (Å²) in [7, 11) is 0. The van der Waals surface area contributed by atoms with E-state index in [4.69, 9.17) is 22.3 Å². The molecule has 6 nitrogen and oxygen atoms in total. The first-order chi connectivity index (χ1) is 5.54. The minimum atomic E-state index is -1.00. The number of carbonyl (C=O) groups is 1. The second-order valence-electron chi connectivity index (χ2n) is 2.39. The molecular weight excluding hydrogens is 225 g/mol. The third kappa shape index (κ3) is 9.24. The molecule has 0 aromatic carbocycles. The SMILES string of the molecule is NC(N)=NCCCC(N)C(=O)O.[Zn+2]. The molecule has 0 amide bonds. The van der Waals surface area contributed by atoms with Gasteiger partial charge in [0, 0.05) is 6.54 Å². The van der Waals surface area contributed by atoms with Crippen molar-refractivity contribution in [2.75, 3.05) is 6.54 Å². The molecular formula is C6H14N4O2Zn+2. The van der Waals surface area contributed by atoms with Crippen LogP contribution in [0.3, 0.4) is 0 Å². The van der Waals surface area contributed by atoms with Crippen LogP contribution in [-0.4, -0.2) is 29.6 Å². The van der Waals surface area contributed by atoms with Crippen LogP contribution in [-0.2, 0) is 24.3 Å². The monoisotopic (exact) mass is 238 g/mol. The maximum Gasteiger partial charge on any atom is 2.00 e. The minimum absolute atomic E-state index is 0. The summed E-state index contributed by atoms with van der Waals surface area (Å²) >= 11 is 0. The van der Waals surface area contributed by atoms with Gasteiger partial charge in [0.05, 0.1) is 0 Å². The Morgan fingerprint density at radius 2 is 2.00 bits per heavy atom. The summed E-state index contributed by atoms with van der Waals surface area (Å²) in [6.45, 7) is 0.420. The van der Waals surface area contributed by atoms with Gasteiger partial charge in [0.1, 0.15) is 6.04 Å². The van der Waals surface area contributed by atoms with Crippen molar-refractivity contribution in [2.45, 2.75) is 18.9 Å². The van der Waals surface area contributed by atoms with E-state index in [1.165, 1.54) is 0 Å². The normalized spacial score (nSPS) is 11.2. The molecule has 0 saturated heterocycles. The van der Waals surface area contributed by atoms with Gasteiger partial charge >= 0.3 is 25.4 Å². The van der Waals surface area contributed by atoms with Gasteiger partial charge in [-0.25, -0.2) is 0 Å². The largest absolute Gasteiger partial charge is 2.00 e. The van der Waals surface area contributed by atoms with Crippen LogP contribution in [0.5, 0.6) is 0 Å². The molecule has 70 valence electrons. The van der Waals surface area contributed by atoms with Crippen molar-refractivity contribution in [3.63, 3.8) is 0 Å². The van der Waals surface area contributed by atoms with Gasteiger partial charge in [-0.15, -0.1) is 0 Å². The van der Waals surface area contributed by atoms with Gasteiger partial charge in [-0.05, 0) is 12.8 Å². The van der Waals surface area contributed by atoms with Crippen molar-refractivity contribution < 1.29 is 29.4 Å². The average molecular weight is 240 g/mol. The zero-order chi connectivity index (χ0) is 9.56. The van der Waals surface area contributed by atoms with E-state index in [2.05, 4.69) is 4.99 Å². The van der Waals surface area contributed by atoms with E-state index in [-0.39, 0.29) is 25.4 Å². The molecule has 0 aliphatic heterocycles. The summed E-state index contributed by atoms with van der Waals surface area (Å²) in [6, 6.07) is -0.820. The molecule has 0 aliphatic carbocycles. The van der Waals surface area contributed by atoms with Crippen LogP contribution >= 0.6 is 0 Å². The van der Waals surface area contributed by atoms with Crippen LogP contribution < -0.4 is 17.2 Å². The van der Waals surface area contributed by atoms with Gasteiger partial charge < -0.3 is 22.3 Å². The number of guanidine groups is 1. The molecule has 1 unspecified atom stereocenters. The first-order valence-electron chi connectivity index (χ1n) is 3.58. The summed E-state index contributed by atoms with van der Waals surface area (Å²) in [5, 5.41) is 8.38. The number of nitrogens with zero attached hydrogens (tertiary/aromatic N) is 1. The van der Waals surface area contributed by atoms with E-state index in [0.29, 0.717) is 19.4 Å². The van der Waals surface area contributed by atoms with Gasteiger partial charge in [0.25, 0.3) is 0 Å². The second-order valence-corrected chi connectivity index (χ2v) is 2.39. The summed E-state index contributed by atoms with van der Waals surface area (Å²) in [5.74, 6) is -0.987. The maximum absolute atomic E-state index is 10.2. The first kappa shape index (κ1) is 14.8. The molecule has 13 heavy (non-hydrogen) atoms. The van der Waals surface area contributed by atoms with E-state index in [1.807, 2.05) is 0 Å². The van der Waals surface area contributed by atoms with E-state index in [9.17, 15) is 4.79 Å². The van der Waals surface area contributed by atoms with Gasteiger partial charge in [0.15, 0.2) is 5.96 Å². The summed E-state index contributed by atoms with van der Waals surface area (Å²) in [6.07, 6.45) is 0.956. The Labute approximate surface area is 89.3 Å². The van der Waals surface area contributed by atoms with Gasteiger partial charge in [-0.2, -0.15) is 0 Å². The zero-order valence-corrected chi connectivity index (χ0v) is 10.4. The number of carboxylic acids is 1. The van der Waals surface area contributed by atoms with Crippen molar-refractivity contribution in [3.05, 3.63) is 0 Å². The smallest absolute Gasteiger partial charge is 0.480 e. The number of carboxylic acid groups (broad SMARTS) is 1. The van der Waals surface area contributed by atoms with E-state index in [1.54, 1.807) is 0 Å². The van der Waals surface area contributed by atoms with Gasteiger partial charge in [0.2, 0.25) is 0 Å². The fourth-order valence-corrected chi connectivity index (χ4v) is 0.643. The third-order valence-corrected chi connectivity index (χ3v) is 1.28. The molecule has 7 N–H and O–H groups in total. The molecule has 0 radical (unpaired) electrons. The summed E-state index contributed by atoms with van der Waals surface area (Å²) < 4.78 is 0. The van der Waals surface area contributed by atoms with Crippen LogP contribution in [0, 0.1) is 0 Å². The second kappa shape index (κ2) is 7.95. The molecule has 0 heterocycles. The molecule has 0 aromatic heterocycles. The van der Waals surface area contributed by atoms with Crippen LogP contribution in [0.2, 0.25) is 0 Å². The van der Waals surface area contributed by atoms with Crippen molar-refractivity contribution in [3.8, 4) is 0 Å². The van der Waals surface area contributed by atoms with Gasteiger partial charge in [-0.1, -0.05) is 0 Å². The average Bonchev–Trinajstić information content (AvgIpc) is 1.97. The Hall–Kier alpha value is -0.677. The fraction of sp³-hybridized carbons (Fsp3) is 0.667. The zero-order valence-electron chi connectivity index (χ0n) is 7.44. The number of nitrogens with two attached hydrogens (primary N) is 3. The van der Waals surface area contributed by atoms with Crippen molar-refractivity contribution in [2.24, 2.45) is 22.2 Å². The first-order valence-corrected chi connectivity index (χ1v) is 3.58. The number of hydrogen-bond donors (Lipinski definition) is 4. The van der Waals surface area contributed by atoms with E-state index >= 15 is 0 Å². The fourth-order valence-electron chi connectivity index (χ4n) is 0.643. The summed E-state index contributed by atoms with van der Waals surface area (Å²) in [5.41, 5.74) is 15.3. The molecule has 0 saturated carbocycles. The Kier molecular flexibility index (Phi) is 9.06. The van der Waals surface area contributed by atoms with Crippen LogP contribution in [0.1, 0.15) is 12.8 Å². The quantitative estimate of drug-likeness (QED) is 0.200. The third-order valence-electron chi connectivity index (χ3n) is 1.28. The molecule has 0 aromatic rings. The van der Waals surface area contributed by atoms with Crippen molar-refractivity contribution in [1.82, 2.24) is 0 Å². The topological polar surface area (TPSA) is 128 Å². The predicted octanol–water partition coefficient (Wildman–Crippen LogP) is -1.55. The van der Waals surface area contributed by atoms with Crippen LogP contribution in [0.25, 0.3) is 0 Å². The molecule has 0 aliphatic rings. The molecule has 0 rings (SSSR count). The van der Waals surface area contributed by atoms with Crippen molar-refractivity contribution in [1.29, 1.82) is 0 Å². The Morgan fingerprint density at radius 1 is 1.46 bits per heavy atom. The Balaban J connectivity index is 0. The number of aliphatic carboxylic acids is 1. The minimum Gasteiger partial charge on any atom is -0.480 e. The Morgan fingerprint density at radius 3 is 2.38 bits per heavy atom. The molecule has 1 atom stereocenters. The molecule has 7 heteroatoms. The molecule has 0 fully saturated rings. The number of aliphatic imine (C=N–C) groups is 1. The molecule has 0 bridgehead atoms. The van der Waals surface area contributed by atoms with Crippen molar-refractivity contribution >= 4 is 11.9 Å². The maximum atomic E-state index is 10.2. The number of hydrogen-bond acceptors (Lipinski definition) is 3. The van der Waals surface area contributed by atoms with E-state index < -0.39 is 12.0 Å². The number of rotatable bonds is 5. The Bertz CT molecular complexity index is 181. The van der Waals surface area contributed by atoms with Crippen LogP contribution in [0.15, 0.2) is 4.99 Å². The van der Waals surface area contributed by atoms with E-state index in [0.717, 1.165) is 0 Å². The van der Waals surface area contributed by atoms with Gasteiger partial charge in [-0.3, -0.25) is 9.79 Å². The molecule has 0 spiro atoms. The predicted molar refractivity (Wildman–Crippen MR) is 45.5 cm³/mol.